The standard InChI is InChI=1S/C22H24N4O2/c1-15-22(16(2)28-25-15)20-7-3-6-19(24-20)18-8-11-26(12-9-18)21(27)13-17-5-4-10-23-14-17/h3-7,10,14,18H,8-9,11-13H2,1-2H3. The lowest BCUT2D eigenvalue weighted by molar-refractivity contribution is -0.131. The van der Waals surface area contributed by atoms with Crippen LogP contribution >= 0.6 is 0 Å². The van der Waals surface area contributed by atoms with E-state index < -0.39 is 0 Å². The van der Waals surface area contributed by atoms with Crippen molar-refractivity contribution in [3.8, 4) is 11.3 Å². The average molecular weight is 376 g/mol. The number of hydrogen-bond donors (Lipinski definition) is 0. The Balaban J connectivity index is 1.41. The van der Waals surface area contributed by atoms with Crippen LogP contribution in [0.2, 0.25) is 0 Å². The number of aromatic nitrogens is 3. The summed E-state index contributed by atoms with van der Waals surface area (Å²) >= 11 is 0. The average Bonchev–Trinajstić information content (AvgIpc) is 3.07. The van der Waals surface area contributed by atoms with E-state index in [1.165, 1.54) is 0 Å². The first-order valence-corrected chi connectivity index (χ1v) is 9.68. The molecule has 4 heterocycles. The van der Waals surface area contributed by atoms with Crippen LogP contribution in [0.3, 0.4) is 0 Å². The Kier molecular flexibility index (Phi) is 5.19. The third kappa shape index (κ3) is 3.81. The number of likely N-dealkylation sites (tertiary alicyclic amines) is 1. The van der Waals surface area contributed by atoms with Gasteiger partial charge < -0.3 is 9.42 Å². The molecule has 6 heteroatoms. The fourth-order valence-electron chi connectivity index (χ4n) is 3.88. The highest BCUT2D eigenvalue weighted by Crippen LogP contribution is 2.30. The summed E-state index contributed by atoms with van der Waals surface area (Å²) in [4.78, 5) is 23.5. The molecule has 1 saturated heterocycles. The van der Waals surface area contributed by atoms with Crippen LogP contribution < -0.4 is 0 Å². The monoisotopic (exact) mass is 376 g/mol. The van der Waals surface area contributed by atoms with Crippen molar-refractivity contribution in [2.45, 2.75) is 39.0 Å². The molecule has 4 rings (SSSR count). The van der Waals surface area contributed by atoms with E-state index in [4.69, 9.17) is 9.51 Å². The molecule has 144 valence electrons. The van der Waals surface area contributed by atoms with Crippen molar-refractivity contribution in [3.63, 3.8) is 0 Å². The van der Waals surface area contributed by atoms with Crippen LogP contribution in [0, 0.1) is 13.8 Å². The molecule has 0 saturated carbocycles. The lowest BCUT2D eigenvalue weighted by Crippen LogP contribution is -2.38. The van der Waals surface area contributed by atoms with Gasteiger partial charge in [0.2, 0.25) is 5.91 Å². The SMILES string of the molecule is Cc1noc(C)c1-c1cccc(C2CCN(C(=O)Cc3cccnc3)CC2)n1. The topological polar surface area (TPSA) is 72.1 Å². The first kappa shape index (κ1) is 18.3. The van der Waals surface area contributed by atoms with Crippen molar-refractivity contribution in [1.29, 1.82) is 0 Å². The molecule has 0 radical (unpaired) electrons. The van der Waals surface area contributed by atoms with Crippen molar-refractivity contribution >= 4 is 5.91 Å². The van der Waals surface area contributed by atoms with Gasteiger partial charge in [-0.05, 0) is 50.5 Å². The molecule has 3 aromatic rings. The van der Waals surface area contributed by atoms with Gasteiger partial charge in [0, 0.05) is 37.1 Å². The van der Waals surface area contributed by atoms with Gasteiger partial charge in [0.25, 0.3) is 0 Å². The van der Waals surface area contributed by atoms with E-state index in [0.717, 1.165) is 59.9 Å². The Morgan fingerprint density at radius 1 is 1.18 bits per heavy atom. The number of pyridine rings is 2. The maximum atomic E-state index is 12.6. The van der Waals surface area contributed by atoms with E-state index in [0.29, 0.717) is 12.3 Å². The molecule has 1 fully saturated rings. The summed E-state index contributed by atoms with van der Waals surface area (Å²) in [6.45, 7) is 5.38. The van der Waals surface area contributed by atoms with E-state index in [1.807, 2.05) is 43.0 Å². The summed E-state index contributed by atoms with van der Waals surface area (Å²) in [6, 6.07) is 9.94. The van der Waals surface area contributed by atoms with Gasteiger partial charge in [-0.15, -0.1) is 0 Å². The first-order valence-electron chi connectivity index (χ1n) is 9.68. The van der Waals surface area contributed by atoms with Gasteiger partial charge >= 0.3 is 0 Å². The van der Waals surface area contributed by atoms with Crippen LogP contribution in [0.5, 0.6) is 0 Å². The molecule has 0 N–H and O–H groups in total. The molecule has 0 aromatic carbocycles. The largest absolute Gasteiger partial charge is 0.361 e. The molecule has 6 nitrogen and oxygen atoms in total. The van der Waals surface area contributed by atoms with Crippen LogP contribution in [-0.2, 0) is 11.2 Å². The summed E-state index contributed by atoms with van der Waals surface area (Å²) in [5, 5.41) is 4.03. The van der Waals surface area contributed by atoms with Crippen LogP contribution in [0.1, 0.15) is 41.5 Å². The predicted octanol–water partition coefficient (Wildman–Crippen LogP) is 3.70. The summed E-state index contributed by atoms with van der Waals surface area (Å²) in [5.74, 6) is 1.32. The van der Waals surface area contributed by atoms with E-state index in [-0.39, 0.29) is 5.91 Å². The lowest BCUT2D eigenvalue weighted by Gasteiger charge is -2.32. The molecular formula is C22H24N4O2. The molecule has 3 aromatic heterocycles. The van der Waals surface area contributed by atoms with Crippen LogP contribution in [0.4, 0.5) is 0 Å². The predicted molar refractivity (Wildman–Crippen MR) is 106 cm³/mol. The summed E-state index contributed by atoms with van der Waals surface area (Å²) < 4.78 is 5.29. The zero-order valence-corrected chi connectivity index (χ0v) is 16.3. The second kappa shape index (κ2) is 7.92. The summed E-state index contributed by atoms with van der Waals surface area (Å²) in [6.07, 6.45) is 5.75. The quantitative estimate of drug-likeness (QED) is 0.694. The third-order valence-corrected chi connectivity index (χ3v) is 5.40. The zero-order valence-electron chi connectivity index (χ0n) is 16.3. The maximum Gasteiger partial charge on any atom is 0.227 e. The molecule has 1 amide bonds. The first-order chi connectivity index (χ1) is 13.6. The highest BCUT2D eigenvalue weighted by Gasteiger charge is 2.25. The molecule has 0 aliphatic carbocycles. The van der Waals surface area contributed by atoms with Crippen molar-refractivity contribution in [2.24, 2.45) is 0 Å². The minimum Gasteiger partial charge on any atom is -0.361 e. The Hall–Kier alpha value is -3.02. The molecule has 0 spiro atoms. The fraction of sp³-hybridized carbons (Fsp3) is 0.364. The van der Waals surface area contributed by atoms with Crippen LogP contribution in [0.25, 0.3) is 11.3 Å². The second-order valence-electron chi connectivity index (χ2n) is 7.34. The molecular weight excluding hydrogens is 352 g/mol. The second-order valence-corrected chi connectivity index (χ2v) is 7.34. The van der Waals surface area contributed by atoms with Gasteiger partial charge in [0.1, 0.15) is 5.76 Å². The number of piperidine rings is 1. The highest BCUT2D eigenvalue weighted by atomic mass is 16.5. The zero-order chi connectivity index (χ0) is 19.5. The van der Waals surface area contributed by atoms with E-state index in [2.05, 4.69) is 16.2 Å². The number of carbonyl (C=O) groups excluding carboxylic acids is 1. The van der Waals surface area contributed by atoms with Gasteiger partial charge in [0.05, 0.1) is 23.4 Å². The highest BCUT2D eigenvalue weighted by molar-refractivity contribution is 5.78. The molecule has 1 aliphatic rings. The number of nitrogens with zero attached hydrogens (tertiary/aromatic N) is 4. The van der Waals surface area contributed by atoms with Gasteiger partial charge in [-0.25, -0.2) is 0 Å². The molecule has 28 heavy (non-hydrogen) atoms. The Morgan fingerprint density at radius 3 is 2.68 bits per heavy atom. The number of aryl methyl sites for hydroxylation is 2. The van der Waals surface area contributed by atoms with E-state index in [9.17, 15) is 4.79 Å². The van der Waals surface area contributed by atoms with Gasteiger partial charge in [0.15, 0.2) is 0 Å². The normalized spacial score (nSPS) is 15.0. The number of hydrogen-bond acceptors (Lipinski definition) is 5. The minimum atomic E-state index is 0.170. The van der Waals surface area contributed by atoms with Gasteiger partial charge in [-0.3, -0.25) is 14.8 Å². The van der Waals surface area contributed by atoms with Crippen molar-refractivity contribution in [2.75, 3.05) is 13.1 Å². The number of rotatable bonds is 4. The third-order valence-electron chi connectivity index (χ3n) is 5.40. The molecule has 0 atom stereocenters. The van der Waals surface area contributed by atoms with Crippen LogP contribution in [0.15, 0.2) is 47.2 Å². The lowest BCUT2D eigenvalue weighted by atomic mass is 9.92. The molecule has 1 aliphatic heterocycles. The summed E-state index contributed by atoms with van der Waals surface area (Å²) in [7, 11) is 0. The summed E-state index contributed by atoms with van der Waals surface area (Å²) in [5.41, 5.74) is 4.79. The Labute approximate surface area is 164 Å². The molecule has 0 bridgehead atoms. The number of carbonyl (C=O) groups is 1. The molecule has 0 unspecified atom stereocenters. The van der Waals surface area contributed by atoms with Gasteiger partial charge in [-0.1, -0.05) is 17.3 Å². The minimum absolute atomic E-state index is 0.170. The van der Waals surface area contributed by atoms with Crippen molar-refractivity contribution in [3.05, 3.63) is 65.4 Å². The van der Waals surface area contributed by atoms with Crippen LogP contribution in [-0.4, -0.2) is 39.0 Å². The van der Waals surface area contributed by atoms with E-state index >= 15 is 0 Å². The van der Waals surface area contributed by atoms with E-state index in [1.54, 1.807) is 12.4 Å². The Bertz CT molecular complexity index is 940. The van der Waals surface area contributed by atoms with Gasteiger partial charge in [-0.2, -0.15) is 0 Å². The van der Waals surface area contributed by atoms with Crippen molar-refractivity contribution < 1.29 is 9.32 Å². The fourth-order valence-corrected chi connectivity index (χ4v) is 3.88. The number of amides is 1. The van der Waals surface area contributed by atoms with Crippen molar-refractivity contribution in [1.82, 2.24) is 20.0 Å². The smallest absolute Gasteiger partial charge is 0.227 e. The maximum absolute atomic E-state index is 12.6. The Morgan fingerprint density at radius 2 is 2.00 bits per heavy atom.